The molecule has 90 valence electrons. The molecule has 0 atom stereocenters. The Balaban J connectivity index is 2.06. The summed E-state index contributed by atoms with van der Waals surface area (Å²) in [5, 5.41) is 7.09. The van der Waals surface area contributed by atoms with Crippen LogP contribution in [0, 0.1) is 0 Å². The Kier molecular flexibility index (Phi) is 3.64. The largest absolute Gasteiger partial charge is 0.484 e. The van der Waals surface area contributed by atoms with Gasteiger partial charge in [0.15, 0.2) is 5.82 Å². The third-order valence-corrected chi connectivity index (χ3v) is 2.75. The minimum Gasteiger partial charge on any atom is -0.484 e. The number of aromatic amines is 1. The number of hydrogen-bond donors (Lipinski definition) is 1. The number of benzene rings is 1. The lowest BCUT2D eigenvalue weighted by atomic mass is 10.0. The Morgan fingerprint density at radius 1 is 1.41 bits per heavy atom. The third-order valence-electron chi connectivity index (χ3n) is 2.45. The van der Waals surface area contributed by atoms with Crippen molar-refractivity contribution in [1.82, 2.24) is 15.2 Å². The van der Waals surface area contributed by atoms with Gasteiger partial charge in [-0.2, -0.15) is 5.10 Å². The molecule has 17 heavy (non-hydrogen) atoms. The van der Waals surface area contributed by atoms with E-state index < -0.39 is 0 Å². The van der Waals surface area contributed by atoms with E-state index in [1.165, 1.54) is 11.9 Å². The van der Waals surface area contributed by atoms with Crippen LogP contribution in [0.15, 0.2) is 24.5 Å². The van der Waals surface area contributed by atoms with Gasteiger partial charge in [-0.05, 0) is 23.6 Å². The predicted octanol–water partition coefficient (Wildman–Crippen LogP) is 3.16. The Labute approximate surface area is 105 Å². The smallest absolute Gasteiger partial charge is 0.162 e. The Morgan fingerprint density at radius 3 is 2.82 bits per heavy atom. The van der Waals surface area contributed by atoms with Gasteiger partial charge >= 0.3 is 0 Å². The van der Waals surface area contributed by atoms with Crippen LogP contribution in [0.25, 0.3) is 0 Å². The first-order valence-electron chi connectivity index (χ1n) is 5.43. The highest BCUT2D eigenvalue weighted by atomic mass is 35.5. The second-order valence-corrected chi connectivity index (χ2v) is 4.47. The second kappa shape index (κ2) is 5.19. The van der Waals surface area contributed by atoms with Gasteiger partial charge in [-0.15, -0.1) is 0 Å². The molecule has 1 N–H and O–H groups in total. The summed E-state index contributed by atoms with van der Waals surface area (Å²) in [6, 6.07) is 5.84. The van der Waals surface area contributed by atoms with E-state index in [0.29, 0.717) is 29.1 Å². The fourth-order valence-corrected chi connectivity index (χ4v) is 1.68. The fourth-order valence-electron chi connectivity index (χ4n) is 1.44. The van der Waals surface area contributed by atoms with Gasteiger partial charge in [0.2, 0.25) is 0 Å². The average Bonchev–Trinajstić information content (AvgIpc) is 2.80. The summed E-state index contributed by atoms with van der Waals surface area (Å²) in [4.78, 5) is 3.97. The monoisotopic (exact) mass is 251 g/mol. The molecule has 0 fully saturated rings. The van der Waals surface area contributed by atoms with Crippen molar-refractivity contribution in [2.45, 2.75) is 26.4 Å². The fraction of sp³-hybridized carbons (Fsp3) is 0.333. The zero-order valence-corrected chi connectivity index (χ0v) is 10.5. The van der Waals surface area contributed by atoms with Crippen LogP contribution in [-0.4, -0.2) is 15.2 Å². The van der Waals surface area contributed by atoms with Crippen LogP contribution in [-0.2, 0) is 6.61 Å². The quantitative estimate of drug-likeness (QED) is 0.908. The van der Waals surface area contributed by atoms with E-state index in [4.69, 9.17) is 16.3 Å². The molecule has 4 nitrogen and oxygen atoms in total. The third kappa shape index (κ3) is 2.97. The lowest BCUT2D eigenvalue weighted by Crippen LogP contribution is -1.98. The highest BCUT2D eigenvalue weighted by Crippen LogP contribution is 2.28. The van der Waals surface area contributed by atoms with Gasteiger partial charge in [0.05, 0.1) is 5.02 Å². The molecule has 0 saturated heterocycles. The molecule has 0 spiro atoms. The summed E-state index contributed by atoms with van der Waals surface area (Å²) >= 11 is 6.14. The first kappa shape index (κ1) is 11.9. The lowest BCUT2D eigenvalue weighted by Gasteiger charge is -2.10. The van der Waals surface area contributed by atoms with Gasteiger partial charge in [0.1, 0.15) is 18.7 Å². The van der Waals surface area contributed by atoms with Crippen LogP contribution in [0.2, 0.25) is 5.02 Å². The van der Waals surface area contributed by atoms with Gasteiger partial charge < -0.3 is 4.74 Å². The van der Waals surface area contributed by atoms with Crippen LogP contribution < -0.4 is 4.74 Å². The van der Waals surface area contributed by atoms with Gasteiger partial charge in [0, 0.05) is 0 Å². The maximum absolute atomic E-state index is 6.14. The van der Waals surface area contributed by atoms with E-state index >= 15 is 0 Å². The molecule has 0 radical (unpaired) electrons. The van der Waals surface area contributed by atoms with E-state index in [-0.39, 0.29) is 0 Å². The molecule has 2 aromatic rings. The molecule has 0 aliphatic carbocycles. The molecule has 1 aromatic heterocycles. The number of H-pyrrole nitrogens is 1. The van der Waals surface area contributed by atoms with Crippen LogP contribution in [0.3, 0.4) is 0 Å². The minimum absolute atomic E-state index is 0.334. The van der Waals surface area contributed by atoms with Crippen molar-refractivity contribution in [3.8, 4) is 5.75 Å². The molecular formula is C12H14ClN3O. The summed E-state index contributed by atoms with van der Waals surface area (Å²) in [7, 11) is 0. The predicted molar refractivity (Wildman–Crippen MR) is 66.3 cm³/mol. The molecule has 5 heteroatoms. The molecule has 0 aliphatic heterocycles. The Hall–Kier alpha value is -1.55. The molecule has 1 heterocycles. The van der Waals surface area contributed by atoms with Crippen molar-refractivity contribution in [3.63, 3.8) is 0 Å². The number of rotatable bonds is 4. The number of nitrogens with one attached hydrogen (secondary N) is 1. The van der Waals surface area contributed by atoms with Crippen molar-refractivity contribution in [2.24, 2.45) is 0 Å². The number of ether oxygens (including phenoxy) is 1. The van der Waals surface area contributed by atoms with Crippen molar-refractivity contribution in [2.75, 3.05) is 0 Å². The summed E-state index contributed by atoms with van der Waals surface area (Å²) in [5.74, 6) is 1.79. The number of hydrogen-bond acceptors (Lipinski definition) is 3. The molecule has 2 rings (SSSR count). The molecular weight excluding hydrogens is 238 g/mol. The first-order valence-corrected chi connectivity index (χ1v) is 5.81. The number of aromatic nitrogens is 3. The van der Waals surface area contributed by atoms with Crippen molar-refractivity contribution >= 4 is 11.6 Å². The number of halogens is 1. The maximum atomic E-state index is 6.14. The molecule has 0 amide bonds. The summed E-state index contributed by atoms with van der Waals surface area (Å²) in [5.41, 5.74) is 1.20. The van der Waals surface area contributed by atoms with E-state index in [1.807, 2.05) is 18.2 Å². The van der Waals surface area contributed by atoms with Gasteiger partial charge in [-0.1, -0.05) is 31.5 Å². The van der Waals surface area contributed by atoms with E-state index in [9.17, 15) is 0 Å². The normalized spacial score (nSPS) is 10.8. The van der Waals surface area contributed by atoms with Crippen LogP contribution in [0.1, 0.15) is 31.2 Å². The summed E-state index contributed by atoms with van der Waals surface area (Å²) < 4.78 is 5.55. The van der Waals surface area contributed by atoms with Crippen molar-refractivity contribution < 1.29 is 4.74 Å². The highest BCUT2D eigenvalue weighted by Gasteiger charge is 2.06. The number of nitrogens with zero attached hydrogens (tertiary/aromatic N) is 2. The molecule has 0 saturated carbocycles. The van der Waals surface area contributed by atoms with Crippen LogP contribution in [0.5, 0.6) is 5.75 Å². The maximum Gasteiger partial charge on any atom is 0.162 e. The van der Waals surface area contributed by atoms with Gasteiger partial charge in [-0.3, -0.25) is 5.10 Å². The zero-order valence-electron chi connectivity index (χ0n) is 9.77. The lowest BCUT2D eigenvalue weighted by molar-refractivity contribution is 0.296. The molecule has 0 aliphatic rings. The van der Waals surface area contributed by atoms with Gasteiger partial charge in [0.25, 0.3) is 0 Å². The van der Waals surface area contributed by atoms with E-state index in [2.05, 4.69) is 29.0 Å². The van der Waals surface area contributed by atoms with E-state index in [0.717, 1.165) is 0 Å². The molecule has 1 aromatic carbocycles. The summed E-state index contributed by atoms with van der Waals surface area (Å²) in [6.07, 6.45) is 1.45. The molecule has 0 bridgehead atoms. The Morgan fingerprint density at radius 2 is 2.24 bits per heavy atom. The standard InChI is InChI=1S/C12H14ClN3O/c1-8(2)9-3-4-11(10(13)5-9)17-6-12-14-7-15-16-12/h3-5,7-8H,6H2,1-2H3,(H,14,15,16). The average molecular weight is 252 g/mol. The first-order chi connectivity index (χ1) is 8.16. The second-order valence-electron chi connectivity index (χ2n) is 4.07. The minimum atomic E-state index is 0.334. The van der Waals surface area contributed by atoms with E-state index in [1.54, 1.807) is 0 Å². The van der Waals surface area contributed by atoms with Crippen molar-refractivity contribution in [3.05, 3.63) is 40.9 Å². The van der Waals surface area contributed by atoms with Gasteiger partial charge in [-0.25, -0.2) is 4.98 Å². The van der Waals surface area contributed by atoms with Crippen LogP contribution in [0.4, 0.5) is 0 Å². The van der Waals surface area contributed by atoms with Crippen LogP contribution >= 0.6 is 11.6 Å². The Bertz CT molecular complexity index is 483. The topological polar surface area (TPSA) is 50.8 Å². The zero-order chi connectivity index (χ0) is 12.3. The highest BCUT2D eigenvalue weighted by molar-refractivity contribution is 6.32. The SMILES string of the molecule is CC(C)c1ccc(OCc2ncn[nH]2)c(Cl)c1. The molecule has 0 unspecified atom stereocenters. The van der Waals surface area contributed by atoms with Crippen molar-refractivity contribution in [1.29, 1.82) is 0 Å². The summed E-state index contributed by atoms with van der Waals surface area (Å²) in [6.45, 7) is 4.59.